The number of nitrogens with zero attached hydrogens (tertiary/aromatic N) is 1. The molecule has 0 radical (unpaired) electrons. The van der Waals surface area contributed by atoms with E-state index in [1.807, 2.05) is 18.2 Å². The molecule has 1 fully saturated rings. The topological polar surface area (TPSA) is 50.8 Å². The number of likely N-dealkylation sites (tertiary alicyclic amines) is 1. The monoisotopic (exact) mass is 374 g/mol. The van der Waals surface area contributed by atoms with Crippen LogP contribution >= 0.6 is 0 Å². The molecule has 0 saturated carbocycles. The number of nitrogens with one attached hydrogen (secondary N) is 1. The average molecular weight is 374 g/mol. The number of hydrogen-bond donors (Lipinski definition) is 1. The first-order valence-electron chi connectivity index (χ1n) is 8.98. The molecule has 142 valence electrons. The van der Waals surface area contributed by atoms with Crippen LogP contribution in [0.15, 0.2) is 36.4 Å². The molecule has 2 heterocycles. The smallest absolute Gasteiger partial charge is 0.251 e. The van der Waals surface area contributed by atoms with Crippen molar-refractivity contribution in [1.82, 2.24) is 10.2 Å². The van der Waals surface area contributed by atoms with Gasteiger partial charge < -0.3 is 14.8 Å². The molecule has 0 aromatic heterocycles. The maximum absolute atomic E-state index is 13.4. The zero-order valence-corrected chi connectivity index (χ0v) is 14.7. The highest BCUT2D eigenvalue weighted by atomic mass is 19.2. The lowest BCUT2D eigenvalue weighted by atomic mass is 10.0. The van der Waals surface area contributed by atoms with E-state index in [1.54, 1.807) is 0 Å². The van der Waals surface area contributed by atoms with Crippen molar-refractivity contribution in [2.75, 3.05) is 26.4 Å². The predicted octanol–water partition coefficient (Wildman–Crippen LogP) is 3.26. The van der Waals surface area contributed by atoms with Crippen molar-refractivity contribution >= 4 is 5.91 Å². The molecule has 0 aliphatic carbocycles. The first kappa shape index (κ1) is 17.7. The van der Waals surface area contributed by atoms with Gasteiger partial charge in [-0.2, -0.15) is 0 Å². The molecule has 4 rings (SSSR count). The minimum atomic E-state index is -1.03. The van der Waals surface area contributed by atoms with Gasteiger partial charge >= 0.3 is 0 Å². The standard InChI is InChI=1S/C20H20F2N2O3/c21-15-5-3-14(9-16(15)22)20(25)23-11-17(24-7-1-2-8-24)13-4-6-18-19(10-13)27-12-26-18/h3-6,9-10,17H,1-2,7-8,11-12H2,(H,23,25)/t17-/m0/s1. The third-order valence-corrected chi connectivity index (χ3v) is 5.00. The fourth-order valence-corrected chi connectivity index (χ4v) is 3.56. The van der Waals surface area contributed by atoms with Crippen LogP contribution in [0.3, 0.4) is 0 Å². The van der Waals surface area contributed by atoms with E-state index in [0.29, 0.717) is 18.0 Å². The van der Waals surface area contributed by atoms with Crippen LogP contribution in [0.4, 0.5) is 8.78 Å². The number of carbonyl (C=O) groups is 1. The lowest BCUT2D eigenvalue weighted by Gasteiger charge is -2.28. The maximum Gasteiger partial charge on any atom is 0.251 e. The second-order valence-electron chi connectivity index (χ2n) is 6.71. The Balaban J connectivity index is 1.51. The second-order valence-corrected chi connectivity index (χ2v) is 6.71. The number of fused-ring (bicyclic) bond motifs is 1. The lowest BCUT2D eigenvalue weighted by molar-refractivity contribution is 0.0937. The van der Waals surface area contributed by atoms with Gasteiger partial charge in [0.05, 0.1) is 6.04 Å². The van der Waals surface area contributed by atoms with Crippen LogP contribution in [0, 0.1) is 11.6 Å². The van der Waals surface area contributed by atoms with E-state index in [2.05, 4.69) is 10.2 Å². The predicted molar refractivity (Wildman–Crippen MR) is 94.8 cm³/mol. The molecule has 0 bridgehead atoms. The zero-order chi connectivity index (χ0) is 18.8. The van der Waals surface area contributed by atoms with E-state index in [1.165, 1.54) is 6.07 Å². The molecule has 7 heteroatoms. The van der Waals surface area contributed by atoms with Gasteiger partial charge in [0.25, 0.3) is 5.91 Å². The summed E-state index contributed by atoms with van der Waals surface area (Å²) in [6.45, 7) is 2.46. The van der Waals surface area contributed by atoms with E-state index >= 15 is 0 Å². The molecule has 1 N–H and O–H groups in total. The van der Waals surface area contributed by atoms with E-state index in [0.717, 1.165) is 43.6 Å². The summed E-state index contributed by atoms with van der Waals surface area (Å²) in [4.78, 5) is 14.7. The van der Waals surface area contributed by atoms with Crippen LogP contribution in [0.2, 0.25) is 0 Å². The number of halogens is 2. The van der Waals surface area contributed by atoms with Crippen molar-refractivity contribution in [2.45, 2.75) is 18.9 Å². The van der Waals surface area contributed by atoms with Gasteiger partial charge in [-0.1, -0.05) is 6.07 Å². The average Bonchev–Trinajstić information content (AvgIpc) is 3.35. The van der Waals surface area contributed by atoms with Crippen molar-refractivity contribution in [3.8, 4) is 11.5 Å². The van der Waals surface area contributed by atoms with Gasteiger partial charge in [0, 0.05) is 12.1 Å². The Morgan fingerprint density at radius 3 is 2.59 bits per heavy atom. The van der Waals surface area contributed by atoms with Crippen LogP contribution in [-0.2, 0) is 0 Å². The van der Waals surface area contributed by atoms with Gasteiger partial charge in [0.2, 0.25) is 6.79 Å². The highest BCUT2D eigenvalue weighted by Gasteiger charge is 2.26. The van der Waals surface area contributed by atoms with Crippen LogP contribution in [0.25, 0.3) is 0 Å². The molecule has 1 saturated heterocycles. The zero-order valence-electron chi connectivity index (χ0n) is 14.7. The number of amides is 1. The molecule has 0 spiro atoms. The molecule has 2 aromatic rings. The third kappa shape index (κ3) is 3.73. The van der Waals surface area contributed by atoms with Crippen molar-refractivity contribution in [2.24, 2.45) is 0 Å². The van der Waals surface area contributed by atoms with Gasteiger partial charge in [-0.3, -0.25) is 9.69 Å². The van der Waals surface area contributed by atoms with Crippen LogP contribution in [0.5, 0.6) is 11.5 Å². The third-order valence-electron chi connectivity index (χ3n) is 5.00. The van der Waals surface area contributed by atoms with E-state index in [4.69, 9.17) is 9.47 Å². The Labute approximate surface area is 155 Å². The molecular formula is C20H20F2N2O3. The Morgan fingerprint density at radius 2 is 1.81 bits per heavy atom. The normalized spacial score (nSPS) is 17.1. The summed E-state index contributed by atoms with van der Waals surface area (Å²) >= 11 is 0. The summed E-state index contributed by atoms with van der Waals surface area (Å²) in [7, 11) is 0. The molecule has 2 aliphatic heterocycles. The quantitative estimate of drug-likeness (QED) is 0.873. The fraction of sp³-hybridized carbons (Fsp3) is 0.350. The maximum atomic E-state index is 13.4. The van der Waals surface area contributed by atoms with Gasteiger partial charge in [-0.05, 0) is 61.8 Å². The molecule has 1 amide bonds. The molecule has 27 heavy (non-hydrogen) atoms. The molecular weight excluding hydrogens is 354 g/mol. The van der Waals surface area contributed by atoms with Gasteiger partial charge in [0.1, 0.15) is 0 Å². The Morgan fingerprint density at radius 1 is 1.04 bits per heavy atom. The van der Waals surface area contributed by atoms with Crippen molar-refractivity contribution in [1.29, 1.82) is 0 Å². The number of rotatable bonds is 5. The summed E-state index contributed by atoms with van der Waals surface area (Å²) < 4.78 is 37.3. The Hall–Kier alpha value is -2.67. The number of hydrogen-bond acceptors (Lipinski definition) is 4. The van der Waals surface area contributed by atoms with Gasteiger partial charge in [-0.25, -0.2) is 8.78 Å². The minimum Gasteiger partial charge on any atom is -0.454 e. The minimum absolute atomic E-state index is 0.0313. The summed E-state index contributed by atoms with van der Waals surface area (Å²) in [6, 6.07) is 8.90. The SMILES string of the molecule is O=C(NC[C@@H](c1ccc2c(c1)OCO2)N1CCCC1)c1ccc(F)c(F)c1. The van der Waals surface area contributed by atoms with E-state index in [-0.39, 0.29) is 18.4 Å². The Kier molecular flexibility index (Phi) is 4.94. The fourth-order valence-electron chi connectivity index (χ4n) is 3.56. The number of ether oxygens (including phenoxy) is 2. The van der Waals surface area contributed by atoms with E-state index in [9.17, 15) is 13.6 Å². The van der Waals surface area contributed by atoms with E-state index < -0.39 is 17.5 Å². The Bertz CT molecular complexity index is 853. The summed E-state index contributed by atoms with van der Waals surface area (Å²) in [5.41, 5.74) is 1.12. The highest BCUT2D eigenvalue weighted by Crippen LogP contribution is 2.36. The van der Waals surface area contributed by atoms with Crippen molar-refractivity contribution < 1.29 is 23.0 Å². The molecule has 2 aromatic carbocycles. The number of carbonyl (C=O) groups excluding carboxylic acids is 1. The van der Waals surface area contributed by atoms with Gasteiger partial charge in [-0.15, -0.1) is 0 Å². The van der Waals surface area contributed by atoms with Crippen molar-refractivity contribution in [3.05, 3.63) is 59.2 Å². The van der Waals surface area contributed by atoms with Crippen molar-refractivity contribution in [3.63, 3.8) is 0 Å². The first-order chi connectivity index (χ1) is 13.1. The first-order valence-corrected chi connectivity index (χ1v) is 8.98. The molecule has 2 aliphatic rings. The molecule has 1 atom stereocenters. The highest BCUT2D eigenvalue weighted by molar-refractivity contribution is 5.94. The number of benzene rings is 2. The van der Waals surface area contributed by atoms with Crippen LogP contribution in [0.1, 0.15) is 34.8 Å². The van der Waals surface area contributed by atoms with Crippen LogP contribution < -0.4 is 14.8 Å². The molecule has 0 unspecified atom stereocenters. The van der Waals surface area contributed by atoms with Crippen LogP contribution in [-0.4, -0.2) is 37.2 Å². The summed E-state index contributed by atoms with van der Waals surface area (Å²) in [5, 5.41) is 2.85. The second kappa shape index (κ2) is 7.52. The largest absolute Gasteiger partial charge is 0.454 e. The molecule has 5 nitrogen and oxygen atoms in total. The summed E-state index contributed by atoms with van der Waals surface area (Å²) in [6.07, 6.45) is 2.22. The lowest BCUT2D eigenvalue weighted by Crippen LogP contribution is -2.36. The van der Waals surface area contributed by atoms with Gasteiger partial charge in [0.15, 0.2) is 23.1 Å². The summed E-state index contributed by atoms with van der Waals surface area (Å²) in [5.74, 6) is -1.02.